The number of H-pyrrole nitrogens is 1. The van der Waals surface area contributed by atoms with Gasteiger partial charge in [0.15, 0.2) is 5.82 Å². The van der Waals surface area contributed by atoms with Crippen LogP contribution in [0.5, 0.6) is 5.75 Å². The molecule has 0 aliphatic carbocycles. The van der Waals surface area contributed by atoms with Gasteiger partial charge in [-0.3, -0.25) is 9.89 Å². The van der Waals surface area contributed by atoms with E-state index in [1.165, 1.54) is 7.11 Å². The molecule has 0 radical (unpaired) electrons. The number of nitrogen functional groups attached to an aromatic ring is 1. The number of aromatic amines is 1. The zero-order valence-corrected chi connectivity index (χ0v) is 11.6. The molecule has 2 aromatic rings. The van der Waals surface area contributed by atoms with Gasteiger partial charge in [0.05, 0.1) is 12.7 Å². The van der Waals surface area contributed by atoms with Crippen molar-refractivity contribution in [3.63, 3.8) is 0 Å². The van der Waals surface area contributed by atoms with Crippen LogP contribution in [-0.4, -0.2) is 23.2 Å². The van der Waals surface area contributed by atoms with Crippen molar-refractivity contribution >= 4 is 17.4 Å². The summed E-state index contributed by atoms with van der Waals surface area (Å²) in [7, 11) is 1.54. The zero-order valence-electron chi connectivity index (χ0n) is 11.6. The van der Waals surface area contributed by atoms with Crippen molar-refractivity contribution in [1.82, 2.24) is 10.2 Å². The van der Waals surface area contributed by atoms with Gasteiger partial charge in [-0.25, -0.2) is 0 Å². The molecule has 0 saturated carbocycles. The van der Waals surface area contributed by atoms with Crippen LogP contribution in [-0.2, 0) is 6.42 Å². The molecule has 4 N–H and O–H groups in total. The van der Waals surface area contributed by atoms with Crippen molar-refractivity contribution in [2.75, 3.05) is 18.2 Å². The van der Waals surface area contributed by atoms with Crippen LogP contribution in [0.3, 0.4) is 0 Å². The Hall–Kier alpha value is -2.50. The fourth-order valence-electron chi connectivity index (χ4n) is 1.87. The second-order valence-corrected chi connectivity index (χ2v) is 4.44. The van der Waals surface area contributed by atoms with Gasteiger partial charge in [-0.1, -0.05) is 13.3 Å². The van der Waals surface area contributed by atoms with Crippen molar-refractivity contribution in [2.45, 2.75) is 19.8 Å². The molecule has 0 aliphatic heterocycles. The second-order valence-electron chi connectivity index (χ2n) is 4.44. The maximum atomic E-state index is 12.2. The normalized spacial score (nSPS) is 10.3. The van der Waals surface area contributed by atoms with Crippen LogP contribution in [0.2, 0.25) is 0 Å². The Labute approximate surface area is 117 Å². The number of anilines is 2. The lowest BCUT2D eigenvalue weighted by Gasteiger charge is -2.07. The lowest BCUT2D eigenvalue weighted by Crippen LogP contribution is -2.14. The van der Waals surface area contributed by atoms with E-state index in [4.69, 9.17) is 10.5 Å². The molecule has 6 nitrogen and oxygen atoms in total. The second kappa shape index (κ2) is 6.10. The van der Waals surface area contributed by atoms with Crippen LogP contribution < -0.4 is 15.8 Å². The summed E-state index contributed by atoms with van der Waals surface area (Å²) in [6.07, 6.45) is 1.91. The zero-order chi connectivity index (χ0) is 14.5. The topological polar surface area (TPSA) is 93.0 Å². The van der Waals surface area contributed by atoms with Gasteiger partial charge in [0, 0.05) is 17.4 Å². The van der Waals surface area contributed by atoms with Crippen LogP contribution in [0.15, 0.2) is 24.3 Å². The number of benzene rings is 1. The number of ether oxygens (including phenoxy) is 1. The first-order valence-electron chi connectivity index (χ1n) is 6.43. The van der Waals surface area contributed by atoms with Gasteiger partial charge in [0.1, 0.15) is 5.75 Å². The summed E-state index contributed by atoms with van der Waals surface area (Å²) in [5, 5.41) is 9.64. The minimum absolute atomic E-state index is 0.309. The third-order valence-corrected chi connectivity index (χ3v) is 2.90. The number of nitrogens with zero attached hydrogens (tertiary/aromatic N) is 1. The molecule has 1 aromatic heterocycles. The molecule has 0 spiro atoms. The summed E-state index contributed by atoms with van der Waals surface area (Å²) in [5.74, 6) is 0.759. The summed E-state index contributed by atoms with van der Waals surface area (Å²) >= 11 is 0. The highest BCUT2D eigenvalue weighted by molar-refractivity contribution is 6.07. The number of hydrogen-bond acceptors (Lipinski definition) is 4. The lowest BCUT2D eigenvalue weighted by molar-refractivity contribution is 0.102. The summed E-state index contributed by atoms with van der Waals surface area (Å²) in [6.45, 7) is 2.08. The first-order chi connectivity index (χ1) is 9.63. The smallest absolute Gasteiger partial charge is 0.259 e. The number of carbonyl (C=O) groups excluding carboxylic acids is 1. The standard InChI is InChI=1S/C14H18N4O2/c1-3-4-9-7-13(18-17-9)16-14(19)11-8-10(20-2)5-6-12(11)15/h5-8H,3-4,15H2,1-2H3,(H2,16,17,18,19). The van der Waals surface area contributed by atoms with E-state index in [0.29, 0.717) is 22.8 Å². The highest BCUT2D eigenvalue weighted by atomic mass is 16.5. The minimum atomic E-state index is -0.309. The Kier molecular flexibility index (Phi) is 4.24. The number of hydrogen-bond donors (Lipinski definition) is 3. The third kappa shape index (κ3) is 3.09. The van der Waals surface area contributed by atoms with E-state index < -0.39 is 0 Å². The molecule has 0 saturated heterocycles. The minimum Gasteiger partial charge on any atom is -0.497 e. The summed E-state index contributed by atoms with van der Waals surface area (Å²) in [4.78, 5) is 12.2. The molecule has 1 heterocycles. The molecule has 106 valence electrons. The monoisotopic (exact) mass is 274 g/mol. The number of aromatic nitrogens is 2. The highest BCUT2D eigenvalue weighted by Gasteiger charge is 2.12. The van der Waals surface area contributed by atoms with E-state index in [0.717, 1.165) is 18.5 Å². The highest BCUT2D eigenvalue weighted by Crippen LogP contribution is 2.20. The van der Waals surface area contributed by atoms with E-state index in [-0.39, 0.29) is 5.91 Å². The molecular weight excluding hydrogens is 256 g/mol. The quantitative estimate of drug-likeness (QED) is 0.729. The van der Waals surface area contributed by atoms with Crippen molar-refractivity contribution in [1.29, 1.82) is 0 Å². The van der Waals surface area contributed by atoms with E-state index in [1.807, 2.05) is 6.07 Å². The van der Waals surface area contributed by atoms with Crippen molar-refractivity contribution in [2.24, 2.45) is 0 Å². The predicted molar refractivity (Wildman–Crippen MR) is 77.9 cm³/mol. The van der Waals surface area contributed by atoms with Crippen LogP contribution >= 0.6 is 0 Å². The fraction of sp³-hybridized carbons (Fsp3) is 0.286. The molecule has 0 atom stereocenters. The molecule has 0 aliphatic rings. The molecule has 0 bridgehead atoms. The third-order valence-electron chi connectivity index (χ3n) is 2.90. The van der Waals surface area contributed by atoms with Crippen molar-refractivity contribution < 1.29 is 9.53 Å². The summed E-state index contributed by atoms with van der Waals surface area (Å²) in [5.41, 5.74) is 7.56. The van der Waals surface area contributed by atoms with Gasteiger partial charge in [0.2, 0.25) is 0 Å². The maximum absolute atomic E-state index is 12.2. The number of amides is 1. The molecule has 20 heavy (non-hydrogen) atoms. The SMILES string of the molecule is CCCc1cc(NC(=O)c2cc(OC)ccc2N)n[nH]1. The first kappa shape index (κ1) is 13.9. The summed E-state index contributed by atoms with van der Waals surface area (Å²) < 4.78 is 5.09. The van der Waals surface area contributed by atoms with Gasteiger partial charge >= 0.3 is 0 Å². The van der Waals surface area contributed by atoms with E-state index in [9.17, 15) is 4.79 Å². The van der Waals surface area contributed by atoms with Crippen LogP contribution in [0.25, 0.3) is 0 Å². The number of rotatable bonds is 5. The Bertz CT molecular complexity index is 607. The Morgan fingerprint density at radius 2 is 2.25 bits per heavy atom. The first-order valence-corrected chi connectivity index (χ1v) is 6.43. The average molecular weight is 274 g/mol. The van der Waals surface area contributed by atoms with Crippen LogP contribution in [0.1, 0.15) is 29.4 Å². The van der Waals surface area contributed by atoms with Crippen LogP contribution in [0.4, 0.5) is 11.5 Å². The number of carbonyl (C=O) groups is 1. The van der Waals surface area contributed by atoms with Crippen LogP contribution in [0, 0.1) is 0 Å². The Morgan fingerprint density at radius 1 is 1.45 bits per heavy atom. The van der Waals surface area contributed by atoms with E-state index in [2.05, 4.69) is 22.4 Å². The molecule has 6 heteroatoms. The van der Waals surface area contributed by atoms with Gasteiger partial charge in [0.25, 0.3) is 5.91 Å². The number of aryl methyl sites for hydroxylation is 1. The number of nitrogens with one attached hydrogen (secondary N) is 2. The molecule has 0 unspecified atom stereocenters. The predicted octanol–water partition coefficient (Wildman–Crippen LogP) is 2.21. The van der Waals surface area contributed by atoms with Gasteiger partial charge in [-0.05, 0) is 24.6 Å². The van der Waals surface area contributed by atoms with Gasteiger partial charge in [-0.15, -0.1) is 0 Å². The Morgan fingerprint density at radius 3 is 2.95 bits per heavy atom. The number of methoxy groups -OCH3 is 1. The molecule has 0 fully saturated rings. The van der Waals surface area contributed by atoms with E-state index >= 15 is 0 Å². The number of nitrogens with two attached hydrogens (primary N) is 1. The maximum Gasteiger partial charge on any atom is 0.259 e. The van der Waals surface area contributed by atoms with Crippen molar-refractivity contribution in [3.8, 4) is 5.75 Å². The van der Waals surface area contributed by atoms with Gasteiger partial charge < -0.3 is 15.8 Å². The molecule has 1 amide bonds. The lowest BCUT2D eigenvalue weighted by atomic mass is 10.1. The molecule has 2 rings (SSSR count). The largest absolute Gasteiger partial charge is 0.497 e. The molecule has 1 aromatic carbocycles. The summed E-state index contributed by atoms with van der Waals surface area (Å²) in [6, 6.07) is 6.77. The van der Waals surface area contributed by atoms with Gasteiger partial charge in [-0.2, -0.15) is 5.10 Å². The van der Waals surface area contributed by atoms with Crippen molar-refractivity contribution in [3.05, 3.63) is 35.5 Å². The molecular formula is C14H18N4O2. The average Bonchev–Trinajstić information content (AvgIpc) is 2.87. The van der Waals surface area contributed by atoms with E-state index in [1.54, 1.807) is 18.2 Å². The fourth-order valence-corrected chi connectivity index (χ4v) is 1.87. The Balaban J connectivity index is 2.14.